The molecule has 0 radical (unpaired) electrons. The molecule has 1 aliphatic heterocycles. The average molecular weight is 477 g/mol. The van der Waals surface area contributed by atoms with Crippen molar-refractivity contribution in [3.05, 3.63) is 46.2 Å². The van der Waals surface area contributed by atoms with Crippen LogP contribution in [0.25, 0.3) is 22.3 Å². The van der Waals surface area contributed by atoms with Crippen molar-refractivity contribution in [3.8, 4) is 17.1 Å². The van der Waals surface area contributed by atoms with Gasteiger partial charge in [0, 0.05) is 24.1 Å². The van der Waals surface area contributed by atoms with E-state index in [2.05, 4.69) is 25.5 Å². The van der Waals surface area contributed by atoms with Crippen LogP contribution in [-0.2, 0) is 11.3 Å². The number of alkyl halides is 3. The lowest BCUT2D eigenvalue weighted by Crippen LogP contribution is -2.35. The summed E-state index contributed by atoms with van der Waals surface area (Å²) in [6.45, 7) is 7.67. The van der Waals surface area contributed by atoms with E-state index in [0.29, 0.717) is 23.5 Å². The predicted octanol–water partition coefficient (Wildman–Crippen LogP) is 4.97. The van der Waals surface area contributed by atoms with Crippen molar-refractivity contribution >= 4 is 16.7 Å². The van der Waals surface area contributed by atoms with Gasteiger partial charge in [-0.3, -0.25) is 19.0 Å². The molecule has 1 aliphatic rings. The molecule has 4 rings (SSSR count). The van der Waals surface area contributed by atoms with E-state index in [1.165, 1.54) is 13.0 Å². The van der Waals surface area contributed by atoms with Crippen LogP contribution < -0.4 is 10.2 Å². The number of hydrogen-bond acceptors (Lipinski definition) is 5. The number of carbonyl (C=O) groups excluding carboxylic acids is 1. The standard InChI is InChI=1S/C24H26F3N3O4/c1-14(31)16-12-29-17(11-18(16)32)22-15-7-5-8-19(33-9-6-10-34-24(25,26)27)21(15)28-30(22)13-20(29)23(2,3)4/h5,7-8,11-12,20H,6,9-10,13H2,1-4H3. The van der Waals surface area contributed by atoms with Gasteiger partial charge in [-0.05, 0) is 18.4 Å². The van der Waals surface area contributed by atoms with E-state index >= 15 is 0 Å². The molecule has 3 heterocycles. The minimum absolute atomic E-state index is 0.0278. The lowest BCUT2D eigenvalue weighted by Gasteiger charge is -2.38. The number of aromatic nitrogens is 3. The number of fused-ring (bicyclic) bond motifs is 5. The first-order chi connectivity index (χ1) is 15.9. The van der Waals surface area contributed by atoms with E-state index in [1.807, 2.05) is 15.3 Å². The van der Waals surface area contributed by atoms with Gasteiger partial charge in [0.2, 0.25) is 0 Å². The summed E-state index contributed by atoms with van der Waals surface area (Å²) >= 11 is 0. The van der Waals surface area contributed by atoms with Gasteiger partial charge in [0.15, 0.2) is 11.2 Å². The number of nitrogens with zero attached hydrogens (tertiary/aromatic N) is 3. The first-order valence-electron chi connectivity index (χ1n) is 11.0. The van der Waals surface area contributed by atoms with Crippen molar-refractivity contribution in [2.24, 2.45) is 5.41 Å². The Balaban J connectivity index is 1.75. The van der Waals surface area contributed by atoms with Crippen molar-refractivity contribution in [3.63, 3.8) is 0 Å². The number of halogens is 3. The highest BCUT2D eigenvalue weighted by atomic mass is 19.4. The zero-order valence-corrected chi connectivity index (χ0v) is 19.4. The summed E-state index contributed by atoms with van der Waals surface area (Å²) in [7, 11) is 0. The van der Waals surface area contributed by atoms with Gasteiger partial charge < -0.3 is 9.30 Å². The zero-order valence-electron chi connectivity index (χ0n) is 19.4. The fourth-order valence-corrected chi connectivity index (χ4v) is 4.28. The molecule has 0 saturated carbocycles. The van der Waals surface area contributed by atoms with Crippen LogP contribution in [0, 0.1) is 5.41 Å². The van der Waals surface area contributed by atoms with E-state index < -0.39 is 13.0 Å². The molecule has 1 unspecified atom stereocenters. The molecule has 0 fully saturated rings. The molecular formula is C24H26F3N3O4. The van der Waals surface area contributed by atoms with Crippen LogP contribution in [0.5, 0.6) is 5.75 Å². The second kappa shape index (κ2) is 8.57. The van der Waals surface area contributed by atoms with Crippen LogP contribution in [0.1, 0.15) is 50.5 Å². The van der Waals surface area contributed by atoms with Crippen molar-refractivity contribution in [2.45, 2.75) is 53.1 Å². The van der Waals surface area contributed by atoms with Gasteiger partial charge in [-0.2, -0.15) is 5.10 Å². The van der Waals surface area contributed by atoms with Crippen LogP contribution in [-0.4, -0.2) is 39.7 Å². The molecule has 0 amide bonds. The molecule has 1 atom stereocenters. The number of benzene rings is 1. The van der Waals surface area contributed by atoms with E-state index in [0.717, 1.165) is 11.1 Å². The smallest absolute Gasteiger partial charge is 0.491 e. The zero-order chi connectivity index (χ0) is 24.8. The highest BCUT2D eigenvalue weighted by molar-refractivity contribution is 5.97. The summed E-state index contributed by atoms with van der Waals surface area (Å²) in [5.74, 6) is 0.148. The molecule has 0 bridgehead atoms. The highest BCUT2D eigenvalue weighted by Gasteiger charge is 2.35. The minimum Gasteiger partial charge on any atom is -0.491 e. The monoisotopic (exact) mass is 477 g/mol. The molecule has 2 aromatic heterocycles. The molecule has 0 spiro atoms. The van der Waals surface area contributed by atoms with Crippen LogP contribution in [0.15, 0.2) is 35.3 Å². The third kappa shape index (κ3) is 4.59. The third-order valence-corrected chi connectivity index (χ3v) is 5.93. The molecule has 0 N–H and O–H groups in total. The van der Waals surface area contributed by atoms with Gasteiger partial charge in [0.1, 0.15) is 11.3 Å². The van der Waals surface area contributed by atoms with Crippen molar-refractivity contribution < 1.29 is 27.4 Å². The summed E-state index contributed by atoms with van der Waals surface area (Å²) < 4.78 is 49.8. The number of carbonyl (C=O) groups is 1. The molecule has 7 nitrogen and oxygen atoms in total. The van der Waals surface area contributed by atoms with E-state index in [4.69, 9.17) is 9.84 Å². The van der Waals surface area contributed by atoms with Gasteiger partial charge in [-0.25, -0.2) is 0 Å². The maximum Gasteiger partial charge on any atom is 0.522 e. The molecule has 34 heavy (non-hydrogen) atoms. The lowest BCUT2D eigenvalue weighted by atomic mass is 9.84. The third-order valence-electron chi connectivity index (χ3n) is 5.93. The Morgan fingerprint density at radius 1 is 1.21 bits per heavy atom. The van der Waals surface area contributed by atoms with Crippen LogP contribution in [0.3, 0.4) is 0 Å². The van der Waals surface area contributed by atoms with E-state index in [1.54, 1.807) is 18.3 Å². The molecule has 1 aromatic carbocycles. The Morgan fingerprint density at radius 3 is 2.59 bits per heavy atom. The number of Topliss-reactive ketones (excluding diaryl/α,β-unsaturated/α-hetero) is 1. The van der Waals surface area contributed by atoms with Crippen molar-refractivity contribution in [1.29, 1.82) is 0 Å². The Hall–Kier alpha value is -3.14. The Morgan fingerprint density at radius 2 is 1.94 bits per heavy atom. The fourth-order valence-electron chi connectivity index (χ4n) is 4.28. The molecule has 0 saturated heterocycles. The topological polar surface area (TPSA) is 75.3 Å². The van der Waals surface area contributed by atoms with Crippen LogP contribution >= 0.6 is 0 Å². The fraction of sp³-hybridized carbons (Fsp3) is 0.458. The maximum atomic E-state index is 12.7. The minimum atomic E-state index is -4.67. The Labute approximate surface area is 194 Å². The molecule has 0 aliphatic carbocycles. The Bertz CT molecular complexity index is 1300. The molecular weight excluding hydrogens is 451 g/mol. The van der Waals surface area contributed by atoms with Crippen molar-refractivity contribution in [2.75, 3.05) is 13.2 Å². The predicted molar refractivity (Wildman–Crippen MR) is 120 cm³/mol. The summed E-state index contributed by atoms with van der Waals surface area (Å²) in [6.07, 6.45) is -2.97. The molecule has 10 heteroatoms. The quantitative estimate of drug-likeness (QED) is 0.370. The van der Waals surface area contributed by atoms with Gasteiger partial charge in [-0.1, -0.05) is 32.9 Å². The summed E-state index contributed by atoms with van der Waals surface area (Å²) in [5, 5.41) is 5.49. The largest absolute Gasteiger partial charge is 0.522 e. The summed E-state index contributed by atoms with van der Waals surface area (Å²) in [4.78, 5) is 24.8. The second-order valence-corrected chi connectivity index (χ2v) is 9.46. The SMILES string of the molecule is CC(=O)c1cn2c(cc1=O)-c1c3cccc(OCCCOC(F)(F)F)c3nn1CC2C(C)(C)C. The summed E-state index contributed by atoms with van der Waals surface area (Å²) in [6, 6.07) is 6.74. The van der Waals surface area contributed by atoms with Gasteiger partial charge >= 0.3 is 6.36 Å². The normalized spacial score (nSPS) is 15.8. The van der Waals surface area contributed by atoms with Gasteiger partial charge in [0.05, 0.1) is 42.8 Å². The van der Waals surface area contributed by atoms with Crippen molar-refractivity contribution in [1.82, 2.24) is 14.3 Å². The van der Waals surface area contributed by atoms with Crippen LogP contribution in [0.4, 0.5) is 13.2 Å². The number of ketones is 1. The second-order valence-electron chi connectivity index (χ2n) is 9.46. The number of hydrogen-bond donors (Lipinski definition) is 0. The average Bonchev–Trinajstić information content (AvgIpc) is 3.10. The summed E-state index contributed by atoms with van der Waals surface area (Å²) in [5.41, 5.74) is 1.52. The number of ether oxygens (including phenoxy) is 2. The lowest BCUT2D eigenvalue weighted by molar-refractivity contribution is -0.324. The Kier molecular flexibility index (Phi) is 6.05. The van der Waals surface area contributed by atoms with Gasteiger partial charge in [-0.15, -0.1) is 13.2 Å². The molecule has 182 valence electrons. The highest BCUT2D eigenvalue weighted by Crippen LogP contribution is 2.43. The van der Waals surface area contributed by atoms with E-state index in [-0.39, 0.29) is 41.3 Å². The molecule has 3 aromatic rings. The first kappa shape index (κ1) is 24.0. The first-order valence-corrected chi connectivity index (χ1v) is 11.0. The van der Waals surface area contributed by atoms with E-state index in [9.17, 15) is 22.8 Å². The van der Waals surface area contributed by atoms with Gasteiger partial charge in [0.25, 0.3) is 0 Å². The number of pyridine rings is 1. The van der Waals surface area contributed by atoms with Crippen LogP contribution in [0.2, 0.25) is 0 Å². The number of rotatable bonds is 6. The maximum absolute atomic E-state index is 12.7.